The summed E-state index contributed by atoms with van der Waals surface area (Å²) in [6.45, 7) is 3.77. The fourth-order valence-electron chi connectivity index (χ4n) is 2.88. The van der Waals surface area contributed by atoms with Crippen LogP contribution >= 0.6 is 0 Å². The molecule has 5 heteroatoms. The molecule has 0 saturated carbocycles. The molecule has 3 rings (SSSR count). The van der Waals surface area contributed by atoms with Crippen LogP contribution in [0.2, 0.25) is 0 Å². The third kappa shape index (κ3) is 5.23. The molecule has 148 valence electrons. The number of aryl methyl sites for hydroxylation is 1. The number of benzene rings is 3. The van der Waals surface area contributed by atoms with Gasteiger partial charge in [0.15, 0.2) is 6.10 Å². The predicted molar refractivity (Wildman–Crippen MR) is 113 cm³/mol. The van der Waals surface area contributed by atoms with E-state index in [0.29, 0.717) is 17.7 Å². The molecule has 29 heavy (non-hydrogen) atoms. The van der Waals surface area contributed by atoms with Crippen molar-refractivity contribution in [2.45, 2.75) is 26.4 Å². The standard InChI is InChI=1S/C24H24N2O3/c1-3-21(29-22-12-8-7-9-17(22)2)24(28)26-25-23(27)20-15-13-19(14-16-20)18-10-5-4-6-11-18/h4-16,21H,3H2,1-2H3,(H,25,27)(H,26,28). The Bertz CT molecular complexity index is 969. The molecule has 0 spiro atoms. The zero-order valence-corrected chi connectivity index (χ0v) is 16.5. The van der Waals surface area contributed by atoms with E-state index in [1.54, 1.807) is 12.1 Å². The van der Waals surface area contributed by atoms with Gasteiger partial charge in [-0.05, 0) is 48.2 Å². The van der Waals surface area contributed by atoms with Crippen molar-refractivity contribution in [1.82, 2.24) is 10.9 Å². The minimum atomic E-state index is -0.697. The van der Waals surface area contributed by atoms with Crippen molar-refractivity contribution in [2.24, 2.45) is 0 Å². The molecule has 2 amide bonds. The predicted octanol–water partition coefficient (Wildman–Crippen LogP) is 4.28. The minimum Gasteiger partial charge on any atom is -0.480 e. The number of rotatable bonds is 6. The molecule has 5 nitrogen and oxygen atoms in total. The highest BCUT2D eigenvalue weighted by Gasteiger charge is 2.20. The number of para-hydroxylation sites is 1. The molecular weight excluding hydrogens is 364 g/mol. The Kier molecular flexibility index (Phi) is 6.63. The second kappa shape index (κ2) is 9.55. The van der Waals surface area contributed by atoms with Crippen molar-refractivity contribution >= 4 is 11.8 Å². The van der Waals surface area contributed by atoms with Crippen LogP contribution in [-0.2, 0) is 4.79 Å². The van der Waals surface area contributed by atoms with Crippen molar-refractivity contribution in [1.29, 1.82) is 0 Å². The number of hydrogen-bond donors (Lipinski definition) is 2. The molecule has 3 aromatic rings. The van der Waals surface area contributed by atoms with Crippen molar-refractivity contribution < 1.29 is 14.3 Å². The van der Waals surface area contributed by atoms with Gasteiger partial charge in [-0.25, -0.2) is 0 Å². The summed E-state index contributed by atoms with van der Waals surface area (Å²) in [5.74, 6) is -0.133. The highest BCUT2D eigenvalue weighted by atomic mass is 16.5. The Balaban J connectivity index is 1.57. The first kappa shape index (κ1) is 20.1. The fraction of sp³-hybridized carbons (Fsp3) is 0.167. The molecule has 0 aromatic heterocycles. The van der Waals surface area contributed by atoms with E-state index < -0.39 is 12.0 Å². The first-order chi connectivity index (χ1) is 14.1. The van der Waals surface area contributed by atoms with Gasteiger partial charge in [-0.1, -0.05) is 67.6 Å². The van der Waals surface area contributed by atoms with Gasteiger partial charge < -0.3 is 4.74 Å². The van der Waals surface area contributed by atoms with Gasteiger partial charge in [0.1, 0.15) is 5.75 Å². The molecule has 0 radical (unpaired) electrons. The van der Waals surface area contributed by atoms with E-state index in [1.807, 2.05) is 80.6 Å². The summed E-state index contributed by atoms with van der Waals surface area (Å²) in [5, 5.41) is 0. The summed E-state index contributed by atoms with van der Waals surface area (Å²) in [6, 6.07) is 24.6. The van der Waals surface area contributed by atoms with Crippen molar-refractivity contribution in [3.63, 3.8) is 0 Å². The van der Waals surface area contributed by atoms with E-state index in [1.165, 1.54) is 0 Å². The molecule has 0 fully saturated rings. The van der Waals surface area contributed by atoms with E-state index in [-0.39, 0.29) is 5.91 Å². The highest BCUT2D eigenvalue weighted by Crippen LogP contribution is 2.20. The second-order valence-corrected chi connectivity index (χ2v) is 6.67. The minimum absolute atomic E-state index is 0.385. The summed E-state index contributed by atoms with van der Waals surface area (Å²) in [7, 11) is 0. The van der Waals surface area contributed by atoms with Crippen LogP contribution in [0.3, 0.4) is 0 Å². The first-order valence-electron chi connectivity index (χ1n) is 9.56. The maximum atomic E-state index is 12.4. The van der Waals surface area contributed by atoms with Gasteiger partial charge in [-0.15, -0.1) is 0 Å². The smallest absolute Gasteiger partial charge is 0.279 e. The Hall–Kier alpha value is -3.60. The Morgan fingerprint density at radius 1 is 0.828 bits per heavy atom. The molecule has 1 atom stereocenters. The van der Waals surface area contributed by atoms with Crippen LogP contribution in [0.1, 0.15) is 29.3 Å². The Morgan fingerprint density at radius 2 is 1.45 bits per heavy atom. The van der Waals surface area contributed by atoms with Gasteiger partial charge in [0.05, 0.1) is 0 Å². The van der Waals surface area contributed by atoms with Crippen molar-refractivity contribution in [3.8, 4) is 16.9 Å². The first-order valence-corrected chi connectivity index (χ1v) is 9.56. The van der Waals surface area contributed by atoms with Crippen LogP contribution in [0, 0.1) is 6.92 Å². The highest BCUT2D eigenvalue weighted by molar-refractivity contribution is 5.96. The number of ether oxygens (including phenoxy) is 1. The molecule has 0 bridgehead atoms. The summed E-state index contributed by atoms with van der Waals surface area (Å²) in [4.78, 5) is 24.8. The number of hydrogen-bond acceptors (Lipinski definition) is 3. The third-order valence-electron chi connectivity index (χ3n) is 4.58. The van der Waals surface area contributed by atoms with Gasteiger partial charge in [0, 0.05) is 5.56 Å². The topological polar surface area (TPSA) is 67.4 Å². The number of nitrogens with one attached hydrogen (secondary N) is 2. The number of carbonyl (C=O) groups excluding carboxylic acids is 2. The number of amides is 2. The van der Waals surface area contributed by atoms with Gasteiger partial charge >= 0.3 is 0 Å². The maximum Gasteiger partial charge on any atom is 0.279 e. The lowest BCUT2D eigenvalue weighted by Crippen LogP contribution is -2.48. The maximum absolute atomic E-state index is 12.4. The third-order valence-corrected chi connectivity index (χ3v) is 4.58. The lowest BCUT2D eigenvalue weighted by molar-refractivity contribution is -0.128. The number of carbonyl (C=O) groups is 2. The van der Waals surface area contributed by atoms with Crippen LogP contribution in [0.5, 0.6) is 5.75 Å². The van der Waals surface area contributed by atoms with Crippen LogP contribution in [0.15, 0.2) is 78.9 Å². The largest absolute Gasteiger partial charge is 0.480 e. The molecule has 0 heterocycles. The van der Waals surface area contributed by atoms with E-state index in [9.17, 15) is 9.59 Å². The summed E-state index contributed by atoms with van der Waals surface area (Å²) in [5.41, 5.74) is 8.40. The molecule has 2 N–H and O–H groups in total. The molecule has 1 unspecified atom stereocenters. The summed E-state index contributed by atoms with van der Waals surface area (Å²) < 4.78 is 5.80. The van der Waals surface area contributed by atoms with Crippen LogP contribution < -0.4 is 15.6 Å². The lowest BCUT2D eigenvalue weighted by Gasteiger charge is -2.18. The molecule has 3 aromatic carbocycles. The molecule has 0 aliphatic heterocycles. The average molecular weight is 388 g/mol. The molecular formula is C24H24N2O3. The van der Waals surface area contributed by atoms with Crippen molar-refractivity contribution in [3.05, 3.63) is 90.0 Å². The lowest BCUT2D eigenvalue weighted by atomic mass is 10.0. The zero-order chi connectivity index (χ0) is 20.6. The van der Waals surface area contributed by atoms with Gasteiger partial charge in [-0.3, -0.25) is 20.4 Å². The zero-order valence-electron chi connectivity index (χ0n) is 16.5. The van der Waals surface area contributed by atoms with Crippen molar-refractivity contribution in [2.75, 3.05) is 0 Å². The molecule has 0 aliphatic rings. The monoisotopic (exact) mass is 388 g/mol. The van der Waals surface area contributed by atoms with E-state index in [2.05, 4.69) is 10.9 Å². The van der Waals surface area contributed by atoms with E-state index >= 15 is 0 Å². The second-order valence-electron chi connectivity index (χ2n) is 6.67. The summed E-state index contributed by atoms with van der Waals surface area (Å²) >= 11 is 0. The quantitative estimate of drug-likeness (QED) is 0.620. The van der Waals surface area contributed by atoms with Gasteiger partial charge in [0.25, 0.3) is 11.8 Å². The summed E-state index contributed by atoms with van der Waals surface area (Å²) in [6.07, 6.45) is -0.223. The average Bonchev–Trinajstić information content (AvgIpc) is 2.77. The number of hydrazine groups is 1. The van der Waals surface area contributed by atoms with Crippen LogP contribution in [0.4, 0.5) is 0 Å². The van der Waals surface area contributed by atoms with Crippen LogP contribution in [0.25, 0.3) is 11.1 Å². The van der Waals surface area contributed by atoms with Gasteiger partial charge in [0.2, 0.25) is 0 Å². The Morgan fingerprint density at radius 3 is 2.10 bits per heavy atom. The molecule has 0 saturated heterocycles. The fourth-order valence-corrected chi connectivity index (χ4v) is 2.88. The Labute approximate surface area is 170 Å². The molecule has 0 aliphatic carbocycles. The van der Waals surface area contributed by atoms with Crippen LogP contribution in [-0.4, -0.2) is 17.9 Å². The van der Waals surface area contributed by atoms with E-state index in [4.69, 9.17) is 4.74 Å². The normalized spacial score (nSPS) is 11.4. The van der Waals surface area contributed by atoms with E-state index in [0.717, 1.165) is 16.7 Å². The SMILES string of the molecule is CCC(Oc1ccccc1C)C(=O)NNC(=O)c1ccc(-c2ccccc2)cc1. The van der Waals surface area contributed by atoms with Gasteiger partial charge in [-0.2, -0.15) is 0 Å².